The van der Waals surface area contributed by atoms with E-state index < -0.39 is 15.8 Å². The van der Waals surface area contributed by atoms with Gasteiger partial charge in [0.15, 0.2) is 0 Å². The topological polar surface area (TPSA) is 40.6 Å². The van der Waals surface area contributed by atoms with Crippen LogP contribution in [0.5, 0.6) is 0 Å². The minimum Gasteiger partial charge on any atom is -0.368 e. The number of piperazine rings is 1. The van der Waals surface area contributed by atoms with Crippen LogP contribution in [0.4, 0.5) is 10.1 Å². The van der Waals surface area contributed by atoms with E-state index in [0.717, 1.165) is 11.8 Å². The molecule has 1 heterocycles. The van der Waals surface area contributed by atoms with Crippen molar-refractivity contribution in [2.24, 2.45) is 0 Å². The zero-order chi connectivity index (χ0) is 16.4. The lowest BCUT2D eigenvalue weighted by Gasteiger charge is -2.35. The number of benzene rings is 2. The Balaban J connectivity index is 1.75. The van der Waals surface area contributed by atoms with Crippen LogP contribution in [-0.2, 0) is 10.0 Å². The SMILES string of the molecule is O=S(=O)(c1cccc(F)c1)N1CCN(c2ccccc2Cl)CC1. The summed E-state index contributed by atoms with van der Waals surface area (Å²) in [4.78, 5) is 2.05. The highest BCUT2D eigenvalue weighted by molar-refractivity contribution is 7.89. The van der Waals surface area contributed by atoms with E-state index in [2.05, 4.69) is 4.90 Å². The normalized spacial score (nSPS) is 16.5. The lowest BCUT2D eigenvalue weighted by Crippen LogP contribution is -2.48. The van der Waals surface area contributed by atoms with Gasteiger partial charge in [0.1, 0.15) is 5.82 Å². The summed E-state index contributed by atoms with van der Waals surface area (Å²) in [6, 6.07) is 12.6. The Kier molecular flexibility index (Phi) is 4.57. The molecule has 1 fully saturated rings. The predicted molar refractivity (Wildman–Crippen MR) is 88.8 cm³/mol. The molecule has 0 aliphatic carbocycles. The second-order valence-electron chi connectivity index (χ2n) is 5.30. The highest BCUT2D eigenvalue weighted by Gasteiger charge is 2.29. The molecule has 0 unspecified atom stereocenters. The summed E-state index contributed by atoms with van der Waals surface area (Å²) >= 11 is 6.18. The fourth-order valence-electron chi connectivity index (χ4n) is 2.65. The number of sulfonamides is 1. The van der Waals surface area contributed by atoms with E-state index in [0.29, 0.717) is 31.2 Å². The maximum absolute atomic E-state index is 13.3. The minimum atomic E-state index is -3.67. The van der Waals surface area contributed by atoms with Gasteiger partial charge in [0.2, 0.25) is 10.0 Å². The number of nitrogens with zero attached hydrogens (tertiary/aromatic N) is 2. The first-order valence-electron chi connectivity index (χ1n) is 7.24. The molecule has 23 heavy (non-hydrogen) atoms. The van der Waals surface area contributed by atoms with E-state index in [4.69, 9.17) is 11.6 Å². The zero-order valence-corrected chi connectivity index (χ0v) is 13.9. The molecule has 1 saturated heterocycles. The second-order valence-corrected chi connectivity index (χ2v) is 7.65. The van der Waals surface area contributed by atoms with E-state index in [9.17, 15) is 12.8 Å². The van der Waals surface area contributed by atoms with E-state index in [-0.39, 0.29) is 4.90 Å². The minimum absolute atomic E-state index is 0.0105. The Morgan fingerprint density at radius 3 is 2.30 bits per heavy atom. The number of anilines is 1. The van der Waals surface area contributed by atoms with Crippen LogP contribution < -0.4 is 4.90 Å². The lowest BCUT2D eigenvalue weighted by molar-refractivity contribution is 0.384. The smallest absolute Gasteiger partial charge is 0.243 e. The summed E-state index contributed by atoms with van der Waals surface area (Å²) in [5.74, 6) is -0.555. The van der Waals surface area contributed by atoms with Crippen LogP contribution in [-0.4, -0.2) is 38.9 Å². The fourth-order valence-corrected chi connectivity index (χ4v) is 4.36. The molecule has 1 aliphatic rings. The maximum atomic E-state index is 13.3. The summed E-state index contributed by atoms with van der Waals surface area (Å²) in [5, 5.41) is 0.647. The molecule has 0 amide bonds. The molecule has 0 spiro atoms. The molecular formula is C16H16ClFN2O2S. The summed E-state index contributed by atoms with van der Waals surface area (Å²) in [6.07, 6.45) is 0. The molecule has 4 nitrogen and oxygen atoms in total. The number of hydrogen-bond acceptors (Lipinski definition) is 3. The van der Waals surface area contributed by atoms with E-state index in [1.807, 2.05) is 24.3 Å². The third-order valence-corrected chi connectivity index (χ3v) is 6.08. The van der Waals surface area contributed by atoms with E-state index in [1.54, 1.807) is 0 Å². The van der Waals surface area contributed by atoms with Crippen molar-refractivity contribution in [3.05, 3.63) is 59.4 Å². The van der Waals surface area contributed by atoms with Crippen molar-refractivity contribution in [1.29, 1.82) is 0 Å². The molecule has 122 valence electrons. The second kappa shape index (κ2) is 6.47. The van der Waals surface area contributed by atoms with Gasteiger partial charge in [-0.1, -0.05) is 29.8 Å². The van der Waals surface area contributed by atoms with Crippen LogP contribution in [0.3, 0.4) is 0 Å². The van der Waals surface area contributed by atoms with Crippen molar-refractivity contribution in [3.63, 3.8) is 0 Å². The number of halogens is 2. The third-order valence-electron chi connectivity index (χ3n) is 3.87. The molecule has 0 bridgehead atoms. The lowest BCUT2D eigenvalue weighted by atomic mass is 10.2. The number of hydrogen-bond donors (Lipinski definition) is 0. The molecule has 3 rings (SSSR count). The summed E-state index contributed by atoms with van der Waals surface area (Å²) in [5.41, 5.74) is 0.900. The van der Waals surface area contributed by atoms with Gasteiger partial charge < -0.3 is 4.90 Å². The summed E-state index contributed by atoms with van der Waals surface area (Å²) < 4.78 is 39.8. The van der Waals surface area contributed by atoms with Crippen LogP contribution >= 0.6 is 11.6 Å². The van der Waals surface area contributed by atoms with Gasteiger partial charge in [-0.3, -0.25) is 0 Å². The van der Waals surface area contributed by atoms with Crippen LogP contribution in [0.15, 0.2) is 53.4 Å². The van der Waals surface area contributed by atoms with Crippen LogP contribution in [0, 0.1) is 5.82 Å². The molecule has 0 aromatic heterocycles. The molecule has 1 aliphatic heterocycles. The molecule has 7 heteroatoms. The number of rotatable bonds is 3. The first kappa shape index (κ1) is 16.2. The Labute approximate surface area is 140 Å². The third kappa shape index (κ3) is 3.34. The monoisotopic (exact) mass is 354 g/mol. The molecular weight excluding hydrogens is 339 g/mol. The van der Waals surface area contributed by atoms with Crippen molar-refractivity contribution in [2.45, 2.75) is 4.90 Å². The Bertz CT molecular complexity index is 805. The van der Waals surface area contributed by atoms with Crippen LogP contribution in [0.2, 0.25) is 5.02 Å². The maximum Gasteiger partial charge on any atom is 0.243 e. The highest BCUT2D eigenvalue weighted by atomic mass is 35.5. The van der Waals surface area contributed by atoms with Gasteiger partial charge in [-0.15, -0.1) is 0 Å². The van der Waals surface area contributed by atoms with Crippen molar-refractivity contribution in [3.8, 4) is 0 Å². The van der Waals surface area contributed by atoms with Gasteiger partial charge in [0.25, 0.3) is 0 Å². The van der Waals surface area contributed by atoms with Crippen LogP contribution in [0.25, 0.3) is 0 Å². The van der Waals surface area contributed by atoms with Gasteiger partial charge in [0.05, 0.1) is 15.6 Å². The predicted octanol–water partition coefficient (Wildman–Crippen LogP) is 2.99. The molecule has 0 atom stereocenters. The van der Waals surface area contributed by atoms with Gasteiger partial charge in [0, 0.05) is 26.2 Å². The van der Waals surface area contributed by atoms with Crippen molar-refractivity contribution in [1.82, 2.24) is 4.31 Å². The van der Waals surface area contributed by atoms with Crippen LogP contribution in [0.1, 0.15) is 0 Å². The summed E-state index contributed by atoms with van der Waals surface area (Å²) in [7, 11) is -3.67. The Morgan fingerprint density at radius 1 is 0.957 bits per heavy atom. The van der Waals surface area contributed by atoms with E-state index in [1.165, 1.54) is 22.5 Å². The average Bonchev–Trinajstić information content (AvgIpc) is 2.55. The molecule has 0 N–H and O–H groups in total. The summed E-state index contributed by atoms with van der Waals surface area (Å²) in [6.45, 7) is 1.75. The zero-order valence-electron chi connectivity index (χ0n) is 12.3. The quantitative estimate of drug-likeness (QED) is 0.850. The largest absolute Gasteiger partial charge is 0.368 e. The average molecular weight is 355 g/mol. The molecule has 2 aromatic carbocycles. The first-order valence-corrected chi connectivity index (χ1v) is 9.05. The standard InChI is InChI=1S/C16H16ClFN2O2S/c17-15-6-1-2-7-16(15)19-8-10-20(11-9-19)23(21,22)14-5-3-4-13(18)12-14/h1-7,12H,8-11H2. The molecule has 2 aromatic rings. The Hall–Kier alpha value is -1.63. The molecule has 0 radical (unpaired) electrons. The van der Waals surface area contributed by atoms with Gasteiger partial charge in [-0.25, -0.2) is 12.8 Å². The van der Waals surface area contributed by atoms with Crippen molar-refractivity contribution >= 4 is 27.3 Å². The van der Waals surface area contributed by atoms with Gasteiger partial charge in [-0.05, 0) is 30.3 Å². The number of para-hydroxylation sites is 1. The highest BCUT2D eigenvalue weighted by Crippen LogP contribution is 2.27. The fraction of sp³-hybridized carbons (Fsp3) is 0.250. The van der Waals surface area contributed by atoms with Crippen molar-refractivity contribution in [2.75, 3.05) is 31.1 Å². The Morgan fingerprint density at radius 2 is 1.65 bits per heavy atom. The van der Waals surface area contributed by atoms with Gasteiger partial charge in [-0.2, -0.15) is 4.31 Å². The van der Waals surface area contributed by atoms with E-state index >= 15 is 0 Å². The molecule has 0 saturated carbocycles. The van der Waals surface area contributed by atoms with Gasteiger partial charge >= 0.3 is 0 Å². The van der Waals surface area contributed by atoms with Crippen molar-refractivity contribution < 1.29 is 12.8 Å². The first-order chi connectivity index (χ1) is 11.0.